The van der Waals surface area contributed by atoms with Gasteiger partial charge in [-0.2, -0.15) is 0 Å². The van der Waals surface area contributed by atoms with Gasteiger partial charge in [0.2, 0.25) is 0 Å². The smallest absolute Gasteiger partial charge is 0.0870 e. The molecule has 3 heteroatoms. The summed E-state index contributed by atoms with van der Waals surface area (Å²) in [6.45, 7) is 6.69. The van der Waals surface area contributed by atoms with Crippen LogP contribution in [0.2, 0.25) is 0 Å². The van der Waals surface area contributed by atoms with Crippen LogP contribution in [0.4, 0.5) is 0 Å². The zero-order valence-electron chi connectivity index (χ0n) is 12.1. The minimum Gasteiger partial charge on any atom is -0.374 e. The summed E-state index contributed by atoms with van der Waals surface area (Å²) in [4.78, 5) is 5.27. The van der Waals surface area contributed by atoms with E-state index in [9.17, 15) is 0 Å². The first-order chi connectivity index (χ1) is 9.88. The molecule has 4 rings (SSSR count). The highest BCUT2D eigenvalue weighted by molar-refractivity contribution is 5.15. The predicted octanol–water partition coefficient (Wildman–Crippen LogP) is 1.98. The van der Waals surface area contributed by atoms with Crippen molar-refractivity contribution in [2.45, 2.75) is 31.5 Å². The number of rotatable bonds is 4. The SMILES string of the molecule is c1ccc(CN2CCO[C@H]3CN(CC4CC4)C[C@H]32)cc1. The van der Waals surface area contributed by atoms with Gasteiger partial charge < -0.3 is 4.74 Å². The third kappa shape index (κ3) is 2.76. The van der Waals surface area contributed by atoms with Crippen molar-refractivity contribution in [1.29, 1.82) is 0 Å². The van der Waals surface area contributed by atoms with Gasteiger partial charge in [0.1, 0.15) is 0 Å². The Balaban J connectivity index is 1.41. The molecule has 2 heterocycles. The van der Waals surface area contributed by atoms with Gasteiger partial charge in [-0.3, -0.25) is 9.80 Å². The van der Waals surface area contributed by atoms with Crippen LogP contribution in [0.15, 0.2) is 30.3 Å². The van der Waals surface area contributed by atoms with Gasteiger partial charge in [0, 0.05) is 32.7 Å². The molecule has 108 valence electrons. The molecule has 3 nitrogen and oxygen atoms in total. The molecule has 2 atom stereocenters. The maximum Gasteiger partial charge on any atom is 0.0870 e. The van der Waals surface area contributed by atoms with Crippen molar-refractivity contribution >= 4 is 0 Å². The van der Waals surface area contributed by atoms with Gasteiger partial charge in [0.05, 0.1) is 18.8 Å². The first kappa shape index (κ1) is 12.8. The summed E-state index contributed by atoms with van der Waals surface area (Å²) in [5.74, 6) is 0.984. The van der Waals surface area contributed by atoms with E-state index in [1.807, 2.05) is 0 Å². The van der Waals surface area contributed by atoms with Crippen LogP contribution < -0.4 is 0 Å². The van der Waals surface area contributed by atoms with E-state index >= 15 is 0 Å². The molecule has 0 aromatic heterocycles. The van der Waals surface area contributed by atoms with Crippen LogP contribution >= 0.6 is 0 Å². The highest BCUT2D eigenvalue weighted by atomic mass is 16.5. The average molecular weight is 272 g/mol. The van der Waals surface area contributed by atoms with Crippen LogP contribution in [0.1, 0.15) is 18.4 Å². The number of morpholine rings is 1. The molecule has 20 heavy (non-hydrogen) atoms. The van der Waals surface area contributed by atoms with Crippen molar-refractivity contribution in [3.8, 4) is 0 Å². The number of fused-ring (bicyclic) bond motifs is 1. The zero-order chi connectivity index (χ0) is 13.4. The monoisotopic (exact) mass is 272 g/mol. The van der Waals surface area contributed by atoms with Crippen LogP contribution in [-0.4, -0.2) is 54.7 Å². The minimum atomic E-state index is 0.436. The molecule has 0 spiro atoms. The van der Waals surface area contributed by atoms with Gasteiger partial charge in [0.25, 0.3) is 0 Å². The number of likely N-dealkylation sites (tertiary alicyclic amines) is 1. The van der Waals surface area contributed by atoms with Gasteiger partial charge in [0.15, 0.2) is 0 Å². The van der Waals surface area contributed by atoms with E-state index < -0.39 is 0 Å². The van der Waals surface area contributed by atoms with Gasteiger partial charge >= 0.3 is 0 Å². The van der Waals surface area contributed by atoms with E-state index in [-0.39, 0.29) is 0 Å². The maximum absolute atomic E-state index is 6.02. The third-order valence-electron chi connectivity index (χ3n) is 4.93. The summed E-state index contributed by atoms with van der Waals surface area (Å²) in [7, 11) is 0. The lowest BCUT2D eigenvalue weighted by Gasteiger charge is -2.37. The fraction of sp³-hybridized carbons (Fsp3) is 0.647. The molecule has 0 unspecified atom stereocenters. The fourth-order valence-electron chi connectivity index (χ4n) is 3.66. The Morgan fingerprint density at radius 3 is 2.75 bits per heavy atom. The van der Waals surface area contributed by atoms with E-state index in [4.69, 9.17) is 4.74 Å². The first-order valence-corrected chi connectivity index (χ1v) is 8.00. The van der Waals surface area contributed by atoms with Gasteiger partial charge in [-0.15, -0.1) is 0 Å². The molecule has 0 N–H and O–H groups in total. The molecule has 3 fully saturated rings. The second kappa shape index (κ2) is 5.47. The normalized spacial score (nSPS) is 31.4. The Bertz CT molecular complexity index is 446. The van der Waals surface area contributed by atoms with Crippen LogP contribution in [0.25, 0.3) is 0 Å². The lowest BCUT2D eigenvalue weighted by atomic mass is 10.1. The van der Waals surface area contributed by atoms with E-state index in [1.165, 1.54) is 31.5 Å². The van der Waals surface area contributed by atoms with E-state index in [1.54, 1.807) is 0 Å². The van der Waals surface area contributed by atoms with E-state index in [0.29, 0.717) is 12.1 Å². The largest absolute Gasteiger partial charge is 0.374 e. The standard InChI is InChI=1S/C17H24N2O/c1-2-4-14(5-3-1)11-19-8-9-20-17-13-18(12-16(17)19)10-15-6-7-15/h1-5,15-17H,6-13H2/t16-,17+/m1/s1. The predicted molar refractivity (Wildman–Crippen MR) is 79.5 cm³/mol. The molecular formula is C17H24N2O. The molecule has 2 aliphatic heterocycles. The molecule has 0 radical (unpaired) electrons. The Morgan fingerprint density at radius 1 is 1.10 bits per heavy atom. The van der Waals surface area contributed by atoms with Crippen LogP contribution in [0.5, 0.6) is 0 Å². The van der Waals surface area contributed by atoms with Crippen LogP contribution in [0, 0.1) is 5.92 Å². The molecule has 1 aromatic rings. The third-order valence-corrected chi connectivity index (χ3v) is 4.93. The average Bonchev–Trinajstić information content (AvgIpc) is 3.17. The minimum absolute atomic E-state index is 0.436. The van der Waals surface area contributed by atoms with Gasteiger partial charge in [-0.25, -0.2) is 0 Å². The summed E-state index contributed by atoms with van der Waals surface area (Å²) in [6.07, 6.45) is 3.33. The number of nitrogens with zero attached hydrogens (tertiary/aromatic N) is 2. The lowest BCUT2D eigenvalue weighted by Crippen LogP contribution is -2.50. The quantitative estimate of drug-likeness (QED) is 0.833. The Kier molecular flexibility index (Phi) is 3.51. The van der Waals surface area contributed by atoms with Gasteiger partial charge in [-0.05, 0) is 24.3 Å². The van der Waals surface area contributed by atoms with Crippen molar-refractivity contribution in [2.24, 2.45) is 5.92 Å². The zero-order valence-corrected chi connectivity index (χ0v) is 12.1. The summed E-state index contributed by atoms with van der Waals surface area (Å²) in [5.41, 5.74) is 1.42. The Hall–Kier alpha value is -0.900. The Morgan fingerprint density at radius 2 is 1.95 bits per heavy atom. The second-order valence-electron chi connectivity index (χ2n) is 6.59. The molecule has 0 bridgehead atoms. The van der Waals surface area contributed by atoms with E-state index in [0.717, 1.165) is 32.2 Å². The van der Waals surface area contributed by atoms with Crippen molar-refractivity contribution in [3.63, 3.8) is 0 Å². The van der Waals surface area contributed by atoms with Crippen molar-refractivity contribution in [1.82, 2.24) is 9.80 Å². The number of benzene rings is 1. The fourth-order valence-corrected chi connectivity index (χ4v) is 3.66. The highest BCUT2D eigenvalue weighted by Crippen LogP contribution is 2.32. The van der Waals surface area contributed by atoms with Crippen LogP contribution in [-0.2, 0) is 11.3 Å². The molecule has 1 aromatic carbocycles. The lowest BCUT2D eigenvalue weighted by molar-refractivity contribution is -0.0504. The molecule has 1 saturated carbocycles. The number of hydrogen-bond donors (Lipinski definition) is 0. The summed E-state index contributed by atoms with van der Waals surface area (Å²) >= 11 is 0. The highest BCUT2D eigenvalue weighted by Gasteiger charge is 2.41. The molecular weight excluding hydrogens is 248 g/mol. The van der Waals surface area contributed by atoms with Crippen molar-refractivity contribution < 1.29 is 4.74 Å². The Labute approximate surface area is 121 Å². The number of ether oxygens (including phenoxy) is 1. The molecule has 0 amide bonds. The maximum atomic E-state index is 6.02. The second-order valence-corrected chi connectivity index (χ2v) is 6.59. The summed E-state index contributed by atoms with van der Waals surface area (Å²) in [5, 5.41) is 0. The van der Waals surface area contributed by atoms with Crippen molar-refractivity contribution in [2.75, 3.05) is 32.8 Å². The summed E-state index contributed by atoms with van der Waals surface area (Å²) in [6, 6.07) is 11.5. The van der Waals surface area contributed by atoms with E-state index in [2.05, 4.69) is 40.1 Å². The van der Waals surface area contributed by atoms with Crippen molar-refractivity contribution in [3.05, 3.63) is 35.9 Å². The van der Waals surface area contributed by atoms with Gasteiger partial charge in [-0.1, -0.05) is 30.3 Å². The summed E-state index contributed by atoms with van der Waals surface area (Å²) < 4.78 is 6.02. The van der Waals surface area contributed by atoms with Crippen LogP contribution in [0.3, 0.4) is 0 Å². The molecule has 3 aliphatic rings. The first-order valence-electron chi connectivity index (χ1n) is 8.00. The number of hydrogen-bond acceptors (Lipinski definition) is 3. The molecule has 2 saturated heterocycles. The molecule has 1 aliphatic carbocycles. The topological polar surface area (TPSA) is 15.7 Å².